The Labute approximate surface area is 91.1 Å². The van der Waals surface area contributed by atoms with E-state index in [1.807, 2.05) is 6.92 Å². The highest BCUT2D eigenvalue weighted by Gasteiger charge is 2.67. The van der Waals surface area contributed by atoms with Crippen molar-refractivity contribution in [3.63, 3.8) is 0 Å². The molecule has 15 heavy (non-hydrogen) atoms. The van der Waals surface area contributed by atoms with E-state index >= 15 is 0 Å². The van der Waals surface area contributed by atoms with Crippen molar-refractivity contribution in [3.8, 4) is 0 Å². The number of hydrogen-bond acceptors (Lipinski definition) is 3. The number of aliphatic hydroxyl groups excluding tert-OH is 2. The van der Waals surface area contributed by atoms with Crippen molar-refractivity contribution in [2.45, 2.75) is 39.4 Å². The zero-order valence-electron chi connectivity index (χ0n) is 9.82. The smallest absolute Gasteiger partial charge is 0.0696 e. The van der Waals surface area contributed by atoms with Gasteiger partial charge < -0.3 is 15.1 Å². The molecule has 2 unspecified atom stereocenters. The third kappa shape index (κ3) is 0.973. The Morgan fingerprint density at radius 1 is 0.933 bits per heavy atom. The zero-order valence-corrected chi connectivity index (χ0v) is 9.82. The molecule has 0 radical (unpaired) electrons. The largest absolute Gasteiger partial charge is 0.392 e. The Bertz CT molecular complexity index is 295. The summed E-state index contributed by atoms with van der Waals surface area (Å²) >= 11 is 0. The van der Waals surface area contributed by atoms with Crippen LogP contribution in [0.3, 0.4) is 0 Å². The fraction of sp³-hybridized carbons (Fsp3) is 1.00. The fourth-order valence-corrected chi connectivity index (χ4v) is 4.99. The van der Waals surface area contributed by atoms with E-state index in [4.69, 9.17) is 0 Å². The zero-order chi connectivity index (χ0) is 11.1. The average Bonchev–Trinajstić information content (AvgIpc) is 2.10. The minimum Gasteiger partial charge on any atom is -0.392 e. The predicted octanol–water partition coefficient (Wildman–Crippen LogP) is 0.460. The molecule has 1 saturated carbocycles. The lowest BCUT2D eigenvalue weighted by Gasteiger charge is -2.69. The van der Waals surface area contributed by atoms with Gasteiger partial charge in [0.15, 0.2) is 0 Å². The summed E-state index contributed by atoms with van der Waals surface area (Å²) in [4.78, 5) is 2.42. The van der Waals surface area contributed by atoms with Crippen LogP contribution in [-0.4, -0.2) is 47.0 Å². The summed E-state index contributed by atoms with van der Waals surface area (Å²) in [5.74, 6) is 0. The van der Waals surface area contributed by atoms with Crippen LogP contribution in [0.5, 0.6) is 0 Å². The van der Waals surface area contributed by atoms with Crippen LogP contribution in [-0.2, 0) is 0 Å². The Morgan fingerprint density at radius 3 is 1.87 bits per heavy atom. The van der Waals surface area contributed by atoms with Crippen molar-refractivity contribution in [2.24, 2.45) is 16.2 Å². The second kappa shape index (κ2) is 2.41. The molecular formula is C12H21NO2. The molecule has 0 aromatic heterocycles. The van der Waals surface area contributed by atoms with Crippen molar-refractivity contribution in [2.75, 3.05) is 19.6 Å². The van der Waals surface area contributed by atoms with Gasteiger partial charge in [0.2, 0.25) is 0 Å². The van der Waals surface area contributed by atoms with Crippen LogP contribution in [0.15, 0.2) is 0 Å². The van der Waals surface area contributed by atoms with Gasteiger partial charge in [-0.2, -0.15) is 0 Å². The quantitative estimate of drug-likeness (QED) is 0.612. The fourth-order valence-electron chi connectivity index (χ4n) is 4.99. The Balaban J connectivity index is 2.12. The van der Waals surface area contributed by atoms with Gasteiger partial charge in [-0.05, 0) is 6.42 Å². The summed E-state index contributed by atoms with van der Waals surface area (Å²) in [5.41, 5.74) is -0.350. The SMILES string of the molecule is CC12CN3C[C@@](C)(C[C@@](C)(C3)[C@H]1O)[C@H]2O. The van der Waals surface area contributed by atoms with Crippen molar-refractivity contribution in [3.05, 3.63) is 0 Å². The van der Waals surface area contributed by atoms with E-state index in [-0.39, 0.29) is 28.5 Å². The lowest BCUT2D eigenvalue weighted by atomic mass is 9.46. The topological polar surface area (TPSA) is 43.7 Å². The standard InChI is InChI=1S/C12H21NO2/c1-10-4-11(2)6-13(5-10)7-12(3,8(10)14)9(11)15/h8-9,14-15H,4-7H2,1-3H3/t8-,9-,10-,11+,12?/m1/s1. The molecule has 4 bridgehead atoms. The summed E-state index contributed by atoms with van der Waals surface area (Å²) in [6, 6.07) is 0. The minimum absolute atomic E-state index is 0.0147. The molecule has 0 amide bonds. The molecule has 3 nitrogen and oxygen atoms in total. The normalized spacial score (nSPS) is 67.4. The molecule has 0 spiro atoms. The molecule has 3 heteroatoms. The molecule has 3 aliphatic heterocycles. The van der Waals surface area contributed by atoms with Gasteiger partial charge in [0, 0.05) is 35.9 Å². The predicted molar refractivity (Wildman–Crippen MR) is 57.4 cm³/mol. The Morgan fingerprint density at radius 2 is 1.40 bits per heavy atom. The summed E-state index contributed by atoms with van der Waals surface area (Å²) in [6.45, 7) is 9.22. The highest BCUT2D eigenvalue weighted by atomic mass is 16.3. The highest BCUT2D eigenvalue weighted by molar-refractivity contribution is 5.18. The molecule has 4 aliphatic rings. The van der Waals surface area contributed by atoms with E-state index < -0.39 is 0 Å². The monoisotopic (exact) mass is 211 g/mol. The number of aliphatic hydroxyl groups is 2. The minimum atomic E-state index is -0.357. The Kier molecular flexibility index (Phi) is 1.62. The van der Waals surface area contributed by atoms with Gasteiger partial charge >= 0.3 is 0 Å². The van der Waals surface area contributed by atoms with Gasteiger partial charge in [0.05, 0.1) is 12.2 Å². The van der Waals surface area contributed by atoms with Crippen molar-refractivity contribution in [1.82, 2.24) is 4.90 Å². The molecule has 2 N–H and O–H groups in total. The van der Waals surface area contributed by atoms with Crippen molar-refractivity contribution < 1.29 is 10.2 Å². The van der Waals surface area contributed by atoms with E-state index in [0.29, 0.717) is 0 Å². The van der Waals surface area contributed by atoms with Crippen molar-refractivity contribution >= 4 is 0 Å². The maximum Gasteiger partial charge on any atom is 0.0696 e. The number of nitrogens with zero attached hydrogens (tertiary/aromatic N) is 1. The van der Waals surface area contributed by atoms with Gasteiger partial charge in [-0.3, -0.25) is 0 Å². The Hall–Kier alpha value is -0.120. The van der Waals surface area contributed by atoms with Gasteiger partial charge in [-0.1, -0.05) is 20.8 Å². The summed E-state index contributed by atoms with van der Waals surface area (Å²) in [6.07, 6.45) is 0.239. The van der Waals surface area contributed by atoms with Crippen LogP contribution < -0.4 is 0 Å². The van der Waals surface area contributed by atoms with E-state index in [1.165, 1.54) is 0 Å². The van der Waals surface area contributed by atoms with Gasteiger partial charge in [0.1, 0.15) is 0 Å². The number of hydrogen-bond donors (Lipinski definition) is 2. The summed E-state index contributed by atoms with van der Waals surface area (Å²) in [7, 11) is 0. The first-order valence-electron chi connectivity index (χ1n) is 5.89. The lowest BCUT2D eigenvalue weighted by molar-refractivity contribution is -0.284. The van der Waals surface area contributed by atoms with Crippen LogP contribution in [0, 0.1) is 16.2 Å². The molecule has 6 atom stereocenters. The van der Waals surface area contributed by atoms with Crippen LogP contribution in [0.2, 0.25) is 0 Å². The first-order valence-corrected chi connectivity index (χ1v) is 5.89. The number of rotatable bonds is 0. The average molecular weight is 211 g/mol. The van der Waals surface area contributed by atoms with Gasteiger partial charge in [-0.15, -0.1) is 0 Å². The molecule has 4 fully saturated rings. The first-order chi connectivity index (χ1) is 6.80. The molecule has 4 rings (SSSR count). The van der Waals surface area contributed by atoms with Crippen LogP contribution in [0.25, 0.3) is 0 Å². The molecular weight excluding hydrogens is 190 g/mol. The first kappa shape index (κ1) is 10.1. The van der Waals surface area contributed by atoms with Crippen molar-refractivity contribution in [1.29, 1.82) is 0 Å². The second-order valence-electron chi connectivity index (χ2n) is 6.94. The molecule has 3 heterocycles. The highest BCUT2D eigenvalue weighted by Crippen LogP contribution is 2.61. The molecule has 1 aliphatic carbocycles. The van der Waals surface area contributed by atoms with E-state index in [1.54, 1.807) is 0 Å². The van der Waals surface area contributed by atoms with Crippen LogP contribution in [0.4, 0.5) is 0 Å². The van der Waals surface area contributed by atoms with E-state index in [0.717, 1.165) is 26.1 Å². The van der Waals surface area contributed by atoms with E-state index in [9.17, 15) is 10.2 Å². The molecule has 3 saturated heterocycles. The van der Waals surface area contributed by atoms with Gasteiger partial charge in [0.25, 0.3) is 0 Å². The maximum absolute atomic E-state index is 10.4. The third-order valence-electron chi connectivity index (χ3n) is 5.11. The second-order valence-corrected chi connectivity index (χ2v) is 6.94. The van der Waals surface area contributed by atoms with E-state index in [2.05, 4.69) is 18.7 Å². The third-order valence-corrected chi connectivity index (χ3v) is 5.11. The molecule has 86 valence electrons. The summed E-state index contributed by atoms with van der Waals surface area (Å²) in [5, 5.41) is 20.9. The molecule has 0 aromatic carbocycles. The van der Waals surface area contributed by atoms with Crippen LogP contribution in [0.1, 0.15) is 27.2 Å². The summed E-state index contributed by atoms with van der Waals surface area (Å²) < 4.78 is 0. The molecule has 0 aromatic rings. The number of piperidine rings is 3. The van der Waals surface area contributed by atoms with Crippen LogP contribution >= 0.6 is 0 Å². The van der Waals surface area contributed by atoms with Gasteiger partial charge in [-0.25, -0.2) is 0 Å². The lowest BCUT2D eigenvalue weighted by Crippen LogP contribution is -2.77. The maximum atomic E-state index is 10.4.